The number of amides is 1. The zero-order valence-electron chi connectivity index (χ0n) is 11.0. The maximum Gasteiger partial charge on any atom is 0.323 e. The van der Waals surface area contributed by atoms with Crippen LogP contribution in [0.15, 0.2) is 0 Å². The number of hydrogen-bond acceptors (Lipinski definition) is 3. The first-order valence-electron chi connectivity index (χ1n) is 6.08. The molecule has 0 aliphatic carbocycles. The molecule has 0 spiro atoms. The number of nitrogens with zero attached hydrogens (tertiary/aromatic N) is 1. The van der Waals surface area contributed by atoms with E-state index in [2.05, 4.69) is 0 Å². The summed E-state index contributed by atoms with van der Waals surface area (Å²) < 4.78 is 0. The number of rotatable bonds is 8. The third-order valence-corrected chi connectivity index (χ3v) is 2.31. The second kappa shape index (κ2) is 8.06. The summed E-state index contributed by atoms with van der Waals surface area (Å²) in [5, 5.41) is 8.75. The van der Waals surface area contributed by atoms with Gasteiger partial charge in [-0.3, -0.25) is 9.59 Å². The van der Waals surface area contributed by atoms with E-state index in [1.807, 2.05) is 20.8 Å². The Morgan fingerprint density at radius 3 is 2.29 bits per heavy atom. The molecule has 5 heteroatoms. The molecule has 0 aliphatic heterocycles. The molecule has 100 valence electrons. The average Bonchev–Trinajstić information content (AvgIpc) is 2.14. The predicted molar refractivity (Wildman–Crippen MR) is 66.6 cm³/mol. The van der Waals surface area contributed by atoms with Crippen LogP contribution in [0.1, 0.15) is 40.0 Å². The normalized spacial score (nSPS) is 12.5. The number of carbonyl (C=O) groups is 2. The Morgan fingerprint density at radius 1 is 1.29 bits per heavy atom. The third-order valence-electron chi connectivity index (χ3n) is 2.31. The Labute approximate surface area is 103 Å². The lowest BCUT2D eigenvalue weighted by molar-refractivity contribution is -0.144. The SMILES string of the molecule is CC(C)CN(CC(=O)O)C(=O)CCCC(C)N. The van der Waals surface area contributed by atoms with Crippen molar-refractivity contribution < 1.29 is 14.7 Å². The van der Waals surface area contributed by atoms with Gasteiger partial charge >= 0.3 is 5.97 Å². The van der Waals surface area contributed by atoms with E-state index in [9.17, 15) is 9.59 Å². The zero-order valence-corrected chi connectivity index (χ0v) is 11.0. The van der Waals surface area contributed by atoms with Gasteiger partial charge in [0, 0.05) is 19.0 Å². The molecule has 0 rings (SSSR count). The second-order valence-electron chi connectivity index (χ2n) is 4.93. The van der Waals surface area contributed by atoms with Crippen LogP contribution in [0.2, 0.25) is 0 Å². The first-order chi connectivity index (χ1) is 7.82. The number of hydrogen-bond donors (Lipinski definition) is 2. The molecule has 0 saturated carbocycles. The molecule has 1 unspecified atom stereocenters. The van der Waals surface area contributed by atoms with Crippen molar-refractivity contribution in [3.05, 3.63) is 0 Å². The second-order valence-corrected chi connectivity index (χ2v) is 4.93. The summed E-state index contributed by atoms with van der Waals surface area (Å²) in [6.07, 6.45) is 1.88. The Hall–Kier alpha value is -1.10. The lowest BCUT2D eigenvalue weighted by Gasteiger charge is -2.22. The standard InChI is InChI=1S/C12H24N2O3/c1-9(2)7-14(8-12(16)17)11(15)6-4-5-10(3)13/h9-10H,4-8,13H2,1-3H3,(H,16,17). The molecule has 3 N–H and O–H groups in total. The van der Waals surface area contributed by atoms with Crippen LogP contribution in [0, 0.1) is 5.92 Å². The summed E-state index contributed by atoms with van der Waals surface area (Å²) in [5.74, 6) is -0.792. The van der Waals surface area contributed by atoms with Crippen LogP contribution in [0.4, 0.5) is 0 Å². The zero-order chi connectivity index (χ0) is 13.4. The van der Waals surface area contributed by atoms with Crippen molar-refractivity contribution in [2.75, 3.05) is 13.1 Å². The van der Waals surface area contributed by atoms with Crippen LogP contribution < -0.4 is 5.73 Å². The van der Waals surface area contributed by atoms with E-state index < -0.39 is 5.97 Å². The van der Waals surface area contributed by atoms with Crippen molar-refractivity contribution in [1.29, 1.82) is 0 Å². The molecule has 0 bridgehead atoms. The molecule has 0 saturated heterocycles. The number of aliphatic carboxylic acids is 1. The predicted octanol–water partition coefficient (Wildman–Crippen LogP) is 1.07. The van der Waals surface area contributed by atoms with Gasteiger partial charge in [-0.15, -0.1) is 0 Å². The fourth-order valence-electron chi connectivity index (χ4n) is 1.59. The number of carboxylic acids is 1. The number of carboxylic acid groups (broad SMARTS) is 1. The fourth-order valence-corrected chi connectivity index (χ4v) is 1.59. The van der Waals surface area contributed by atoms with Gasteiger partial charge in [-0.2, -0.15) is 0 Å². The summed E-state index contributed by atoms with van der Waals surface area (Å²) in [7, 11) is 0. The summed E-state index contributed by atoms with van der Waals surface area (Å²) in [6.45, 7) is 6.10. The van der Waals surface area contributed by atoms with Crippen molar-refractivity contribution in [3.63, 3.8) is 0 Å². The van der Waals surface area contributed by atoms with Crippen LogP contribution in [-0.4, -0.2) is 41.0 Å². The van der Waals surface area contributed by atoms with Gasteiger partial charge in [0.05, 0.1) is 0 Å². The molecule has 17 heavy (non-hydrogen) atoms. The molecule has 0 aromatic carbocycles. The Balaban J connectivity index is 4.17. The van der Waals surface area contributed by atoms with Crippen LogP contribution >= 0.6 is 0 Å². The molecular formula is C12H24N2O3. The topological polar surface area (TPSA) is 83.6 Å². The van der Waals surface area contributed by atoms with E-state index >= 15 is 0 Å². The Morgan fingerprint density at radius 2 is 1.88 bits per heavy atom. The molecule has 0 radical (unpaired) electrons. The summed E-state index contributed by atoms with van der Waals surface area (Å²) in [6, 6.07) is 0.0841. The quantitative estimate of drug-likeness (QED) is 0.669. The van der Waals surface area contributed by atoms with Crippen molar-refractivity contribution in [1.82, 2.24) is 4.90 Å². The van der Waals surface area contributed by atoms with Gasteiger partial charge in [0.1, 0.15) is 6.54 Å². The molecule has 1 amide bonds. The maximum absolute atomic E-state index is 11.8. The molecule has 0 aromatic rings. The Bertz CT molecular complexity index is 252. The number of nitrogens with two attached hydrogens (primary N) is 1. The van der Waals surface area contributed by atoms with E-state index in [4.69, 9.17) is 10.8 Å². The van der Waals surface area contributed by atoms with Gasteiger partial charge in [-0.1, -0.05) is 13.8 Å². The van der Waals surface area contributed by atoms with Gasteiger partial charge in [-0.05, 0) is 25.7 Å². The summed E-state index contributed by atoms with van der Waals surface area (Å²) >= 11 is 0. The smallest absolute Gasteiger partial charge is 0.323 e. The van der Waals surface area contributed by atoms with Crippen LogP contribution in [0.3, 0.4) is 0 Å². The highest BCUT2D eigenvalue weighted by atomic mass is 16.4. The fraction of sp³-hybridized carbons (Fsp3) is 0.833. The van der Waals surface area contributed by atoms with E-state index in [0.717, 1.165) is 6.42 Å². The van der Waals surface area contributed by atoms with E-state index in [1.54, 1.807) is 0 Å². The Kier molecular flexibility index (Phi) is 7.54. The first-order valence-corrected chi connectivity index (χ1v) is 6.08. The molecular weight excluding hydrogens is 220 g/mol. The van der Waals surface area contributed by atoms with Gasteiger partial charge in [0.2, 0.25) is 5.91 Å². The molecule has 5 nitrogen and oxygen atoms in total. The molecule has 0 heterocycles. The van der Waals surface area contributed by atoms with Crippen LogP contribution in [0.5, 0.6) is 0 Å². The van der Waals surface area contributed by atoms with Crippen molar-refractivity contribution in [2.24, 2.45) is 11.7 Å². The van der Waals surface area contributed by atoms with Gasteiger partial charge in [0.15, 0.2) is 0 Å². The average molecular weight is 244 g/mol. The third kappa shape index (κ3) is 8.68. The molecule has 0 aliphatic rings. The highest BCUT2D eigenvalue weighted by Crippen LogP contribution is 2.06. The van der Waals surface area contributed by atoms with Crippen LogP contribution in [0.25, 0.3) is 0 Å². The van der Waals surface area contributed by atoms with E-state index in [0.29, 0.717) is 19.4 Å². The summed E-state index contributed by atoms with van der Waals surface area (Å²) in [5.41, 5.74) is 5.60. The lowest BCUT2D eigenvalue weighted by atomic mass is 10.1. The van der Waals surface area contributed by atoms with Crippen molar-refractivity contribution in [3.8, 4) is 0 Å². The molecule has 0 aromatic heterocycles. The van der Waals surface area contributed by atoms with E-state index in [1.165, 1.54) is 4.90 Å². The monoisotopic (exact) mass is 244 g/mol. The number of carbonyl (C=O) groups excluding carboxylic acids is 1. The van der Waals surface area contributed by atoms with Crippen molar-refractivity contribution >= 4 is 11.9 Å². The largest absolute Gasteiger partial charge is 0.480 e. The minimum absolute atomic E-state index is 0.0841. The highest BCUT2D eigenvalue weighted by molar-refractivity contribution is 5.81. The summed E-state index contributed by atoms with van der Waals surface area (Å²) in [4.78, 5) is 23.9. The highest BCUT2D eigenvalue weighted by Gasteiger charge is 2.17. The lowest BCUT2D eigenvalue weighted by Crippen LogP contribution is -2.38. The minimum Gasteiger partial charge on any atom is -0.480 e. The first kappa shape index (κ1) is 15.9. The van der Waals surface area contributed by atoms with Gasteiger partial charge in [0.25, 0.3) is 0 Å². The van der Waals surface area contributed by atoms with E-state index in [-0.39, 0.29) is 24.4 Å². The minimum atomic E-state index is -0.966. The molecule has 1 atom stereocenters. The van der Waals surface area contributed by atoms with Crippen LogP contribution in [-0.2, 0) is 9.59 Å². The van der Waals surface area contributed by atoms with Gasteiger partial charge < -0.3 is 15.7 Å². The maximum atomic E-state index is 11.8. The van der Waals surface area contributed by atoms with Gasteiger partial charge in [-0.25, -0.2) is 0 Å². The molecule has 0 fully saturated rings. The van der Waals surface area contributed by atoms with Crippen molar-refractivity contribution in [2.45, 2.75) is 46.1 Å².